The standard InChI is InChI=1S/C19H28O/c1-14(2)18-11-10-15(3)12-19(18)20-13-16(4)17-8-6-5-7-9-17/h5-9,13-15,18-19H,10-12H2,1-4H3/t15-,18+,19-/m1/s1. The lowest BCUT2D eigenvalue weighted by Gasteiger charge is -2.36. The van der Waals surface area contributed by atoms with Crippen molar-refractivity contribution in [1.29, 1.82) is 0 Å². The van der Waals surface area contributed by atoms with Gasteiger partial charge in [-0.15, -0.1) is 0 Å². The molecule has 3 atom stereocenters. The lowest BCUT2D eigenvalue weighted by Crippen LogP contribution is -2.33. The van der Waals surface area contributed by atoms with Crippen LogP contribution in [0.4, 0.5) is 0 Å². The van der Waals surface area contributed by atoms with E-state index in [1.165, 1.54) is 30.4 Å². The lowest BCUT2D eigenvalue weighted by molar-refractivity contribution is 0.0141. The smallest absolute Gasteiger partial charge is 0.101 e. The minimum Gasteiger partial charge on any atom is -0.497 e. The summed E-state index contributed by atoms with van der Waals surface area (Å²) in [5, 5.41) is 0. The van der Waals surface area contributed by atoms with Crippen LogP contribution in [-0.4, -0.2) is 6.10 Å². The van der Waals surface area contributed by atoms with Crippen LogP contribution in [-0.2, 0) is 4.74 Å². The molecule has 1 aliphatic rings. The Morgan fingerprint density at radius 3 is 2.55 bits per heavy atom. The summed E-state index contributed by atoms with van der Waals surface area (Å²) in [5.41, 5.74) is 2.46. The molecule has 0 aliphatic heterocycles. The second kappa shape index (κ2) is 6.97. The number of benzene rings is 1. The van der Waals surface area contributed by atoms with E-state index in [9.17, 15) is 0 Å². The second-order valence-corrected chi connectivity index (χ2v) is 6.67. The first kappa shape index (κ1) is 15.2. The molecule has 1 aromatic carbocycles. The lowest BCUT2D eigenvalue weighted by atomic mass is 9.75. The summed E-state index contributed by atoms with van der Waals surface area (Å²) in [4.78, 5) is 0. The van der Waals surface area contributed by atoms with Crippen LogP contribution in [0.2, 0.25) is 0 Å². The van der Waals surface area contributed by atoms with Gasteiger partial charge in [-0.3, -0.25) is 0 Å². The minimum absolute atomic E-state index is 0.386. The number of hydrogen-bond acceptors (Lipinski definition) is 1. The van der Waals surface area contributed by atoms with Gasteiger partial charge in [0, 0.05) is 0 Å². The first-order valence-corrected chi connectivity index (χ1v) is 7.95. The average molecular weight is 272 g/mol. The highest BCUT2D eigenvalue weighted by Crippen LogP contribution is 2.35. The molecule has 0 unspecified atom stereocenters. The Balaban J connectivity index is 2.03. The predicted octanol–water partition coefficient (Wildman–Crippen LogP) is 5.52. The van der Waals surface area contributed by atoms with Crippen molar-refractivity contribution in [3.05, 3.63) is 42.2 Å². The van der Waals surface area contributed by atoms with Crippen LogP contribution < -0.4 is 0 Å². The van der Waals surface area contributed by atoms with Gasteiger partial charge in [0.1, 0.15) is 6.10 Å². The molecule has 1 aliphatic carbocycles. The van der Waals surface area contributed by atoms with Crippen molar-refractivity contribution in [3.8, 4) is 0 Å². The molecule has 1 aromatic rings. The summed E-state index contributed by atoms with van der Waals surface area (Å²) in [6.07, 6.45) is 6.22. The summed E-state index contributed by atoms with van der Waals surface area (Å²) >= 11 is 0. The maximum atomic E-state index is 6.18. The monoisotopic (exact) mass is 272 g/mol. The molecule has 0 aromatic heterocycles. The molecule has 0 bridgehead atoms. The molecule has 0 N–H and O–H groups in total. The fraction of sp³-hybridized carbons (Fsp3) is 0.579. The van der Waals surface area contributed by atoms with Crippen LogP contribution in [0.3, 0.4) is 0 Å². The van der Waals surface area contributed by atoms with E-state index in [0.717, 1.165) is 5.92 Å². The molecule has 2 rings (SSSR count). The SMILES string of the molecule is CC(=CO[C@@H]1C[C@H](C)CC[C@H]1C(C)C)c1ccccc1. The number of rotatable bonds is 4. The fourth-order valence-electron chi connectivity index (χ4n) is 3.23. The van der Waals surface area contributed by atoms with Crippen LogP contribution in [0.5, 0.6) is 0 Å². The Kier molecular flexibility index (Phi) is 5.28. The van der Waals surface area contributed by atoms with E-state index in [-0.39, 0.29) is 0 Å². The molecule has 1 saturated carbocycles. The highest BCUT2D eigenvalue weighted by Gasteiger charge is 2.31. The molecule has 0 saturated heterocycles. The third-order valence-electron chi connectivity index (χ3n) is 4.61. The van der Waals surface area contributed by atoms with Crippen molar-refractivity contribution in [2.75, 3.05) is 0 Å². The van der Waals surface area contributed by atoms with Crippen LogP contribution in [0, 0.1) is 17.8 Å². The van der Waals surface area contributed by atoms with Gasteiger partial charge in [0.25, 0.3) is 0 Å². The van der Waals surface area contributed by atoms with E-state index < -0.39 is 0 Å². The van der Waals surface area contributed by atoms with E-state index in [1.54, 1.807) is 0 Å². The third kappa shape index (κ3) is 3.88. The van der Waals surface area contributed by atoms with Gasteiger partial charge in [0.15, 0.2) is 0 Å². The predicted molar refractivity (Wildman–Crippen MR) is 86.3 cm³/mol. The summed E-state index contributed by atoms with van der Waals surface area (Å²) in [6, 6.07) is 10.5. The molecule has 1 heteroatoms. The Hall–Kier alpha value is -1.24. The molecule has 20 heavy (non-hydrogen) atoms. The third-order valence-corrected chi connectivity index (χ3v) is 4.61. The highest BCUT2D eigenvalue weighted by molar-refractivity contribution is 5.62. The van der Waals surface area contributed by atoms with Crippen molar-refractivity contribution in [1.82, 2.24) is 0 Å². The van der Waals surface area contributed by atoms with Crippen molar-refractivity contribution in [2.24, 2.45) is 17.8 Å². The largest absolute Gasteiger partial charge is 0.497 e. The summed E-state index contributed by atoms with van der Waals surface area (Å²) in [5.74, 6) is 2.20. The van der Waals surface area contributed by atoms with Gasteiger partial charge in [-0.1, -0.05) is 57.5 Å². The Morgan fingerprint density at radius 2 is 1.90 bits per heavy atom. The van der Waals surface area contributed by atoms with E-state index >= 15 is 0 Å². The first-order chi connectivity index (χ1) is 9.58. The quantitative estimate of drug-likeness (QED) is 0.655. The van der Waals surface area contributed by atoms with Crippen molar-refractivity contribution >= 4 is 5.57 Å². The van der Waals surface area contributed by atoms with Crippen molar-refractivity contribution in [3.63, 3.8) is 0 Å². The molecular weight excluding hydrogens is 244 g/mol. The zero-order valence-electron chi connectivity index (χ0n) is 13.3. The van der Waals surface area contributed by atoms with Gasteiger partial charge in [0.2, 0.25) is 0 Å². The molecular formula is C19H28O. The Bertz CT molecular complexity index is 432. The van der Waals surface area contributed by atoms with Gasteiger partial charge >= 0.3 is 0 Å². The van der Waals surface area contributed by atoms with Gasteiger partial charge in [-0.05, 0) is 48.7 Å². The van der Waals surface area contributed by atoms with Crippen molar-refractivity contribution < 1.29 is 4.74 Å². The van der Waals surface area contributed by atoms with Gasteiger partial charge in [-0.25, -0.2) is 0 Å². The molecule has 1 fully saturated rings. The maximum Gasteiger partial charge on any atom is 0.101 e. The zero-order chi connectivity index (χ0) is 14.5. The van der Waals surface area contributed by atoms with E-state index in [2.05, 4.69) is 58.0 Å². The van der Waals surface area contributed by atoms with Gasteiger partial charge in [0.05, 0.1) is 6.26 Å². The zero-order valence-corrected chi connectivity index (χ0v) is 13.3. The summed E-state index contributed by atoms with van der Waals surface area (Å²) in [6.45, 7) is 9.13. The summed E-state index contributed by atoms with van der Waals surface area (Å²) < 4.78 is 6.18. The van der Waals surface area contributed by atoms with Crippen LogP contribution in [0.15, 0.2) is 36.6 Å². The molecule has 110 valence electrons. The van der Waals surface area contributed by atoms with Crippen LogP contribution in [0.25, 0.3) is 5.57 Å². The fourth-order valence-corrected chi connectivity index (χ4v) is 3.23. The number of hydrogen-bond donors (Lipinski definition) is 0. The molecule has 0 amide bonds. The molecule has 1 nitrogen and oxygen atoms in total. The van der Waals surface area contributed by atoms with Crippen LogP contribution >= 0.6 is 0 Å². The Labute approximate surface area is 124 Å². The van der Waals surface area contributed by atoms with Gasteiger partial charge < -0.3 is 4.74 Å². The average Bonchev–Trinajstić information content (AvgIpc) is 2.45. The highest BCUT2D eigenvalue weighted by atomic mass is 16.5. The minimum atomic E-state index is 0.386. The second-order valence-electron chi connectivity index (χ2n) is 6.67. The van der Waals surface area contributed by atoms with Crippen molar-refractivity contribution in [2.45, 2.75) is 53.1 Å². The van der Waals surface area contributed by atoms with Gasteiger partial charge in [-0.2, -0.15) is 0 Å². The normalized spacial score (nSPS) is 27.6. The maximum absolute atomic E-state index is 6.18. The molecule has 0 radical (unpaired) electrons. The molecule has 0 heterocycles. The number of allylic oxidation sites excluding steroid dienone is 1. The van der Waals surface area contributed by atoms with E-state index in [4.69, 9.17) is 4.74 Å². The Morgan fingerprint density at radius 1 is 1.20 bits per heavy atom. The number of ether oxygens (including phenoxy) is 1. The van der Waals surface area contributed by atoms with Crippen LogP contribution in [0.1, 0.15) is 52.5 Å². The summed E-state index contributed by atoms with van der Waals surface area (Å²) in [7, 11) is 0. The first-order valence-electron chi connectivity index (χ1n) is 7.95. The van der Waals surface area contributed by atoms with E-state index in [0.29, 0.717) is 17.9 Å². The molecule has 0 spiro atoms. The van der Waals surface area contributed by atoms with E-state index in [1.807, 2.05) is 6.26 Å². The topological polar surface area (TPSA) is 9.23 Å².